The van der Waals surface area contributed by atoms with E-state index in [4.69, 9.17) is 0 Å². The van der Waals surface area contributed by atoms with E-state index >= 15 is 0 Å². The Balaban J connectivity index is 0. The molecule has 0 radical (unpaired) electrons. The van der Waals surface area contributed by atoms with Crippen LogP contribution in [0.2, 0.25) is 0 Å². The maximum absolute atomic E-state index is 11.0. The zero-order valence-corrected chi connectivity index (χ0v) is 24.6. The molecule has 0 N–H and O–H groups in total. The number of ketones is 1. The molecule has 0 saturated heterocycles. The van der Waals surface area contributed by atoms with Crippen LogP contribution in [-0.4, -0.2) is 5.78 Å². The molecule has 2 unspecified atom stereocenters. The third kappa shape index (κ3) is 10.6. The second-order valence-electron chi connectivity index (χ2n) is 3.88. The molecular weight excluding hydrogens is 449 g/mol. The van der Waals surface area contributed by atoms with Gasteiger partial charge in [-0.25, -0.2) is 0 Å². The van der Waals surface area contributed by atoms with Gasteiger partial charge in [-0.05, 0) is 23.6 Å². The molecule has 0 saturated carbocycles. The molecule has 100 valence electrons. The molecular formula is C14H14O3P2Rb2. The normalized spacial score (nSPS) is 8.52. The number of hydrogen-bond donors (Lipinski definition) is 0. The van der Waals surface area contributed by atoms with E-state index in [9.17, 15) is 15.0 Å². The van der Waals surface area contributed by atoms with Gasteiger partial charge < -0.3 is 10.2 Å². The van der Waals surface area contributed by atoms with Gasteiger partial charge in [0.2, 0.25) is 0 Å². The number of carbonyl (C=O) groups is 1. The van der Waals surface area contributed by atoms with Gasteiger partial charge in [0.25, 0.3) is 0 Å². The minimum Gasteiger partial charge on any atom is -0.872 e. The molecule has 0 aliphatic rings. The van der Waals surface area contributed by atoms with E-state index in [1.54, 1.807) is 36.4 Å². The van der Waals surface area contributed by atoms with Crippen molar-refractivity contribution in [3.63, 3.8) is 0 Å². The second-order valence-corrected chi connectivity index (χ2v) is 5.21. The molecule has 21 heavy (non-hydrogen) atoms. The third-order valence-electron chi connectivity index (χ3n) is 2.26. The van der Waals surface area contributed by atoms with Crippen molar-refractivity contribution in [3.05, 3.63) is 48.0 Å². The van der Waals surface area contributed by atoms with Crippen LogP contribution in [0, 0.1) is 0 Å². The quantitative estimate of drug-likeness (QED) is 0.314. The number of carbonyl (C=O) groups excluding carboxylic acids is 1. The van der Waals surface area contributed by atoms with Crippen molar-refractivity contribution in [1.29, 1.82) is 0 Å². The van der Waals surface area contributed by atoms with Gasteiger partial charge in [-0.1, -0.05) is 42.1 Å². The maximum atomic E-state index is 11.0. The van der Waals surface area contributed by atoms with E-state index in [2.05, 4.69) is 18.5 Å². The summed E-state index contributed by atoms with van der Waals surface area (Å²) >= 11 is 0. The van der Waals surface area contributed by atoms with E-state index in [-0.39, 0.29) is 139 Å². The number of benzene rings is 2. The summed E-state index contributed by atoms with van der Waals surface area (Å²) in [7, 11) is 4.95. The van der Waals surface area contributed by atoms with Gasteiger partial charge >= 0.3 is 116 Å². The first-order valence-corrected chi connectivity index (χ1v) is 6.65. The molecule has 0 fully saturated rings. The van der Waals surface area contributed by atoms with Gasteiger partial charge in [-0.3, -0.25) is 4.79 Å². The largest absolute Gasteiger partial charge is 1.00 e. The van der Waals surface area contributed by atoms with Gasteiger partial charge in [0.15, 0.2) is 5.78 Å². The van der Waals surface area contributed by atoms with E-state index in [0.29, 0.717) is 0 Å². The smallest absolute Gasteiger partial charge is 0.872 e. The van der Waals surface area contributed by atoms with Gasteiger partial charge in [0, 0.05) is 5.56 Å². The second kappa shape index (κ2) is 13.5. The molecule has 2 aromatic carbocycles. The first kappa shape index (κ1) is 25.4. The standard InChI is InChI=1S/C8H9O2P.C6H7OP.2Rb/c1-5(9)7-4-6(11)2-3-8(7)10;7-5-1-3-6(8)4-2-5;;/h2-4,10H,11H2,1H3;1-4,7H,8H2;;/q;;2*+1/p-2. The third-order valence-corrected chi connectivity index (χ3v) is 3.01. The summed E-state index contributed by atoms with van der Waals surface area (Å²) in [5.41, 5.74) is 0.262. The monoisotopic (exact) mass is 462 g/mol. The Labute approximate surface area is 227 Å². The molecule has 0 bridgehead atoms. The Bertz CT molecular complexity index is 554. The molecule has 0 amide bonds. The summed E-state index contributed by atoms with van der Waals surface area (Å²) in [6, 6.07) is 11.3. The Morgan fingerprint density at radius 2 is 1.38 bits per heavy atom. The van der Waals surface area contributed by atoms with E-state index in [1.807, 2.05) is 0 Å². The number of hydrogen-bond acceptors (Lipinski definition) is 3. The zero-order valence-electron chi connectivity index (χ0n) is 12.4. The van der Waals surface area contributed by atoms with Crippen molar-refractivity contribution in [2.75, 3.05) is 0 Å². The molecule has 2 atom stereocenters. The van der Waals surface area contributed by atoms with Crippen LogP contribution in [0.1, 0.15) is 17.3 Å². The van der Waals surface area contributed by atoms with E-state index in [0.717, 1.165) is 10.6 Å². The van der Waals surface area contributed by atoms with Crippen molar-refractivity contribution in [3.8, 4) is 11.5 Å². The van der Waals surface area contributed by atoms with Gasteiger partial charge in [0.05, 0.1) is 0 Å². The molecule has 0 spiro atoms. The van der Waals surface area contributed by atoms with Crippen LogP contribution in [-0.2, 0) is 0 Å². The van der Waals surface area contributed by atoms with Gasteiger partial charge in [-0.2, -0.15) is 0 Å². The number of rotatable bonds is 1. The minimum absolute atomic E-state index is 0. The van der Waals surface area contributed by atoms with Crippen molar-refractivity contribution in [2.45, 2.75) is 6.92 Å². The molecule has 2 aromatic rings. The van der Waals surface area contributed by atoms with Crippen LogP contribution in [0.15, 0.2) is 42.5 Å². The molecule has 0 aromatic heterocycles. The molecule has 0 heterocycles. The Morgan fingerprint density at radius 3 is 1.76 bits per heavy atom. The summed E-state index contributed by atoms with van der Waals surface area (Å²) in [6.07, 6.45) is 0. The molecule has 0 aliphatic carbocycles. The first-order valence-electron chi connectivity index (χ1n) is 5.50. The summed E-state index contributed by atoms with van der Waals surface area (Å²) in [6.45, 7) is 1.39. The van der Waals surface area contributed by atoms with E-state index < -0.39 is 0 Å². The van der Waals surface area contributed by atoms with Crippen LogP contribution in [0.3, 0.4) is 0 Å². The number of Topliss-reactive ketones (excluding diaryl/α,β-unsaturated/α-hetero) is 1. The first-order chi connectivity index (χ1) is 8.90. The van der Waals surface area contributed by atoms with Crippen molar-refractivity contribution < 1.29 is 131 Å². The molecule has 0 aliphatic heterocycles. The summed E-state index contributed by atoms with van der Waals surface area (Å²) in [4.78, 5) is 10.8. The minimum atomic E-state index is -0.205. The van der Waals surface area contributed by atoms with Crippen LogP contribution in [0.5, 0.6) is 11.5 Å². The molecule has 7 heteroatoms. The maximum Gasteiger partial charge on any atom is 1.00 e. The van der Waals surface area contributed by atoms with Crippen molar-refractivity contribution in [1.82, 2.24) is 0 Å². The Hall–Kier alpha value is 2.18. The topological polar surface area (TPSA) is 63.2 Å². The van der Waals surface area contributed by atoms with Crippen LogP contribution >= 0.6 is 18.5 Å². The summed E-state index contributed by atoms with van der Waals surface area (Å²) < 4.78 is 0. The van der Waals surface area contributed by atoms with Gasteiger partial charge in [-0.15, -0.1) is 24.2 Å². The average Bonchev–Trinajstić information content (AvgIpc) is 2.36. The van der Waals surface area contributed by atoms with Crippen molar-refractivity contribution >= 4 is 34.9 Å². The van der Waals surface area contributed by atoms with Crippen LogP contribution in [0.25, 0.3) is 0 Å². The summed E-state index contributed by atoms with van der Waals surface area (Å²) in [5, 5.41) is 23.3. The fourth-order valence-corrected chi connectivity index (χ4v) is 1.75. The van der Waals surface area contributed by atoms with Crippen molar-refractivity contribution in [2.24, 2.45) is 0 Å². The fraction of sp³-hybridized carbons (Fsp3) is 0.0714. The van der Waals surface area contributed by atoms with Crippen LogP contribution in [0.4, 0.5) is 0 Å². The fourth-order valence-electron chi connectivity index (χ4n) is 1.29. The average molecular weight is 463 g/mol. The SMILES string of the molecule is CC(=O)c1cc(P)ccc1[O-].[O-]c1ccc(P)cc1.[Rb+].[Rb+]. The Morgan fingerprint density at radius 1 is 0.905 bits per heavy atom. The van der Waals surface area contributed by atoms with Gasteiger partial charge in [0.1, 0.15) is 0 Å². The van der Waals surface area contributed by atoms with E-state index in [1.165, 1.54) is 13.0 Å². The predicted molar refractivity (Wildman–Crippen MR) is 80.5 cm³/mol. The molecule has 2 rings (SSSR count). The zero-order chi connectivity index (χ0) is 14.4. The molecule has 3 nitrogen and oxygen atoms in total. The van der Waals surface area contributed by atoms with Crippen LogP contribution < -0.4 is 137 Å². The predicted octanol–water partition coefficient (Wildman–Crippen LogP) is -5.27. The summed E-state index contributed by atoms with van der Waals surface area (Å²) in [5.74, 6) is -0.320. The Kier molecular flexibility index (Phi) is 16.3.